The van der Waals surface area contributed by atoms with Gasteiger partial charge in [-0.15, -0.1) is 12.4 Å². The predicted octanol–water partition coefficient (Wildman–Crippen LogP) is -0.538. The van der Waals surface area contributed by atoms with E-state index in [9.17, 15) is 33.9 Å². The zero-order valence-electron chi connectivity index (χ0n) is 28.4. The van der Waals surface area contributed by atoms with Crippen molar-refractivity contribution >= 4 is 47.8 Å². The zero-order valence-corrected chi connectivity index (χ0v) is 29.2. The van der Waals surface area contributed by atoms with Crippen LogP contribution in [0.25, 0.3) is 0 Å². The molecule has 272 valence electrons. The number of imidazole rings is 2. The first kappa shape index (κ1) is 41.0. The Balaban J connectivity index is 0.00000867. The number of carbonyl (C=O) groups is 6. The summed E-state index contributed by atoms with van der Waals surface area (Å²) in [6.45, 7) is 7.67. The van der Waals surface area contributed by atoms with Gasteiger partial charge in [0.2, 0.25) is 0 Å². The number of nitrogens with zero attached hydrogens (tertiary/aromatic N) is 2. The van der Waals surface area contributed by atoms with E-state index in [0.717, 1.165) is 0 Å². The molecule has 0 bridgehead atoms. The van der Waals surface area contributed by atoms with Gasteiger partial charge >= 0.3 is 5.97 Å². The van der Waals surface area contributed by atoms with Gasteiger partial charge in [0.15, 0.2) is 17.2 Å². The number of rotatable bonds is 19. The van der Waals surface area contributed by atoms with Gasteiger partial charge in [0.1, 0.15) is 17.4 Å². The van der Waals surface area contributed by atoms with Crippen molar-refractivity contribution in [3.63, 3.8) is 0 Å². The summed E-state index contributed by atoms with van der Waals surface area (Å²) < 4.78 is 0. The summed E-state index contributed by atoms with van der Waals surface area (Å²) in [6, 6.07) is 5.95. The second kappa shape index (κ2) is 19.8. The van der Waals surface area contributed by atoms with E-state index >= 15 is 0 Å². The number of carboxylic acid groups (broad SMARTS) is 1. The molecule has 2 heterocycles. The maximum Gasteiger partial charge on any atom is 0.326 e. The Kier molecular flexibility index (Phi) is 16.2. The lowest BCUT2D eigenvalue weighted by molar-refractivity contribution is -0.371. The standard InChI is InChI=1S/C32H44N10O7.ClH/c1-17(2)10-21(13-34-14-23(43)19(4)40-29(45)25-24(35-15-36-25)28(44)39-18(3)12-33)41-30(46)26-27(38-16-37-26)31(47)42-22(32(48)49)11-20-8-6-5-7-9-20;/h5-9,15-19,21-22,34H,10-14,33H2,1-4H3,(H,35,36)(H,37,38)(H,39,44)(H,40,45)(H,41,46)(H,42,47)(H,48,49);1H/p+1/t18-,19-,21-,22-;/m0./s1. The van der Waals surface area contributed by atoms with E-state index in [1.165, 1.54) is 19.6 Å². The second-order valence-electron chi connectivity index (χ2n) is 12.1. The van der Waals surface area contributed by atoms with Crippen LogP contribution in [0.3, 0.4) is 0 Å². The smallest absolute Gasteiger partial charge is 0.326 e. The maximum atomic E-state index is 13.3. The van der Waals surface area contributed by atoms with Gasteiger partial charge in [0.25, 0.3) is 23.6 Å². The van der Waals surface area contributed by atoms with Gasteiger partial charge in [-0.25, -0.2) is 14.8 Å². The van der Waals surface area contributed by atoms with Crippen molar-refractivity contribution in [1.82, 2.24) is 46.5 Å². The number of amides is 4. The molecule has 0 saturated carbocycles. The summed E-state index contributed by atoms with van der Waals surface area (Å²) in [5, 5.41) is 23.2. The molecule has 17 nitrogen and oxygen atoms in total. The number of carbonyl (C=O) groups excluding carboxylic acids is 5. The van der Waals surface area contributed by atoms with E-state index in [4.69, 9.17) is 0 Å². The van der Waals surface area contributed by atoms with Crippen molar-refractivity contribution in [2.45, 2.75) is 64.7 Å². The van der Waals surface area contributed by atoms with Crippen LogP contribution in [0.2, 0.25) is 0 Å². The first-order chi connectivity index (χ1) is 23.3. The Morgan fingerprint density at radius 1 is 0.800 bits per heavy atom. The molecule has 0 aliphatic heterocycles. The van der Waals surface area contributed by atoms with Gasteiger partial charge in [-0.2, -0.15) is 0 Å². The highest BCUT2D eigenvalue weighted by Gasteiger charge is 2.28. The van der Waals surface area contributed by atoms with Gasteiger partial charge in [0.05, 0.1) is 37.8 Å². The highest BCUT2D eigenvalue weighted by Crippen LogP contribution is 2.10. The maximum absolute atomic E-state index is 13.3. The molecule has 0 unspecified atom stereocenters. The molecular weight excluding hydrogens is 672 g/mol. The van der Waals surface area contributed by atoms with E-state index < -0.39 is 47.7 Å². The number of nitrogens with one attached hydrogen (secondary N) is 7. The summed E-state index contributed by atoms with van der Waals surface area (Å²) in [7, 11) is 0. The molecule has 2 aromatic heterocycles. The van der Waals surface area contributed by atoms with Crippen LogP contribution in [-0.2, 0) is 16.0 Å². The minimum absolute atomic E-state index is 0. The number of hydrogen-bond acceptors (Lipinski definition) is 9. The van der Waals surface area contributed by atoms with E-state index in [2.05, 4.69) is 52.3 Å². The predicted molar refractivity (Wildman–Crippen MR) is 184 cm³/mol. The molecule has 3 rings (SSSR count). The van der Waals surface area contributed by atoms with Crippen LogP contribution in [0.4, 0.5) is 0 Å². The molecule has 4 atom stereocenters. The van der Waals surface area contributed by atoms with Crippen molar-refractivity contribution in [3.05, 3.63) is 71.3 Å². The third-order valence-electron chi connectivity index (χ3n) is 7.47. The number of H-pyrrole nitrogens is 2. The Morgan fingerprint density at radius 3 is 1.90 bits per heavy atom. The molecule has 0 radical (unpaired) electrons. The molecule has 1 aromatic carbocycles. The van der Waals surface area contributed by atoms with Crippen LogP contribution < -0.4 is 32.3 Å². The number of halogens is 1. The monoisotopic (exact) mass is 717 g/mol. The van der Waals surface area contributed by atoms with Crippen LogP contribution in [0.15, 0.2) is 43.0 Å². The SMILES string of the molecule is CC(C)C[C@@H](CNCC(=O)[C@H](C)NC(=O)c1[nH]cnc1C(=O)N[C@@H](C)C[NH3+])NC(=O)c1nc[nH]c1C(=O)N[C@@H](Cc1ccccc1)C(=O)O.Cl. The Bertz CT molecular complexity index is 1610. The number of quaternary nitrogens is 1. The van der Waals surface area contributed by atoms with Crippen LogP contribution in [0.1, 0.15) is 81.6 Å². The first-order valence-electron chi connectivity index (χ1n) is 15.9. The Morgan fingerprint density at radius 2 is 1.36 bits per heavy atom. The number of benzene rings is 1. The molecule has 0 aliphatic rings. The molecule has 0 aliphatic carbocycles. The van der Waals surface area contributed by atoms with Crippen LogP contribution in [-0.4, -0.2) is 104 Å². The lowest BCUT2D eigenvalue weighted by Gasteiger charge is -2.21. The molecular formula is C32H46ClN10O7+. The molecule has 50 heavy (non-hydrogen) atoms. The Hall–Kier alpha value is -5.13. The van der Waals surface area contributed by atoms with Crippen molar-refractivity contribution in [2.75, 3.05) is 19.6 Å². The fourth-order valence-corrected chi connectivity index (χ4v) is 4.81. The number of aliphatic carboxylic acids is 1. The number of hydrogen-bond donors (Lipinski definition) is 9. The van der Waals surface area contributed by atoms with Crippen molar-refractivity contribution in [2.24, 2.45) is 5.92 Å². The summed E-state index contributed by atoms with van der Waals surface area (Å²) in [6.07, 6.45) is 2.94. The largest absolute Gasteiger partial charge is 0.480 e. The van der Waals surface area contributed by atoms with Crippen LogP contribution in [0.5, 0.6) is 0 Å². The molecule has 0 saturated heterocycles. The van der Waals surface area contributed by atoms with Gasteiger partial charge < -0.3 is 47.4 Å². The van der Waals surface area contributed by atoms with Crippen molar-refractivity contribution in [1.29, 1.82) is 0 Å². The third-order valence-corrected chi connectivity index (χ3v) is 7.47. The molecule has 0 fully saturated rings. The topological polar surface area (TPSA) is 268 Å². The van der Waals surface area contributed by atoms with E-state index in [-0.39, 0.29) is 72.4 Å². The molecule has 18 heteroatoms. The van der Waals surface area contributed by atoms with Gasteiger partial charge in [-0.05, 0) is 31.7 Å². The van der Waals surface area contributed by atoms with E-state index in [1.807, 2.05) is 13.8 Å². The molecule has 4 amide bonds. The fourth-order valence-electron chi connectivity index (χ4n) is 4.81. The summed E-state index contributed by atoms with van der Waals surface area (Å²) >= 11 is 0. The average molecular weight is 718 g/mol. The third kappa shape index (κ3) is 12.1. The summed E-state index contributed by atoms with van der Waals surface area (Å²) in [4.78, 5) is 89.5. The Labute approximate surface area is 295 Å². The molecule has 0 spiro atoms. The lowest BCUT2D eigenvalue weighted by atomic mass is 10.0. The minimum atomic E-state index is -1.25. The van der Waals surface area contributed by atoms with Crippen LogP contribution >= 0.6 is 12.4 Å². The highest BCUT2D eigenvalue weighted by molar-refractivity contribution is 6.06. The number of aromatic amines is 2. The van der Waals surface area contributed by atoms with Crippen molar-refractivity contribution in [3.8, 4) is 0 Å². The minimum Gasteiger partial charge on any atom is -0.480 e. The van der Waals surface area contributed by atoms with Crippen LogP contribution in [0, 0.1) is 5.92 Å². The van der Waals surface area contributed by atoms with Gasteiger partial charge in [-0.3, -0.25) is 24.0 Å². The van der Waals surface area contributed by atoms with Gasteiger partial charge in [0, 0.05) is 19.0 Å². The number of Topliss-reactive ketones (excluding diaryl/α,β-unsaturated/α-hetero) is 1. The van der Waals surface area contributed by atoms with Crippen molar-refractivity contribution < 1.29 is 39.6 Å². The number of carboxylic acids is 1. The quantitative estimate of drug-likeness (QED) is 0.0764. The van der Waals surface area contributed by atoms with Gasteiger partial charge in [-0.1, -0.05) is 44.2 Å². The average Bonchev–Trinajstić information content (AvgIpc) is 3.75. The lowest BCUT2D eigenvalue weighted by Crippen LogP contribution is -2.59. The highest BCUT2D eigenvalue weighted by atomic mass is 35.5. The van der Waals surface area contributed by atoms with E-state index in [1.54, 1.807) is 37.3 Å². The zero-order chi connectivity index (χ0) is 36.1. The normalized spacial score (nSPS) is 13.2. The molecule has 11 N–H and O–H groups in total. The number of ketones is 1. The molecule has 3 aromatic rings. The summed E-state index contributed by atoms with van der Waals surface area (Å²) in [5.41, 5.74) is 3.85. The summed E-state index contributed by atoms with van der Waals surface area (Å²) in [5.74, 6) is -4.13. The van der Waals surface area contributed by atoms with E-state index in [0.29, 0.717) is 18.5 Å². The fraction of sp³-hybridized carbons (Fsp3) is 0.438. The number of aromatic nitrogens is 4. The second-order valence-corrected chi connectivity index (χ2v) is 12.1. The first-order valence-corrected chi connectivity index (χ1v) is 15.9.